The molecule has 31 heavy (non-hydrogen) atoms. The molecule has 0 bridgehead atoms. The molecule has 2 aromatic heterocycles. The highest BCUT2D eigenvalue weighted by Gasteiger charge is 2.16. The number of hydrogen-bond acceptors (Lipinski definition) is 7. The van der Waals surface area contributed by atoms with E-state index in [1.165, 1.54) is 36.6 Å². The molecule has 0 fully saturated rings. The fraction of sp³-hybridized carbons (Fsp3) is 0.0435. The van der Waals surface area contributed by atoms with E-state index >= 15 is 0 Å². The van der Waals surface area contributed by atoms with Gasteiger partial charge in [0.15, 0.2) is 12.4 Å². The summed E-state index contributed by atoms with van der Waals surface area (Å²) < 4.78 is 15.2. The second-order valence-electron chi connectivity index (χ2n) is 6.48. The summed E-state index contributed by atoms with van der Waals surface area (Å²) >= 11 is 0. The number of nitrogens with one attached hydrogen (secondary N) is 1. The number of Topliss-reactive ketones (excluding diaryl/α,β-unsaturated/α-hetero) is 1. The van der Waals surface area contributed by atoms with Crippen molar-refractivity contribution >= 4 is 28.6 Å². The van der Waals surface area contributed by atoms with E-state index in [9.17, 15) is 19.2 Å². The lowest BCUT2D eigenvalue weighted by Crippen LogP contribution is -2.17. The van der Waals surface area contributed by atoms with Crippen LogP contribution >= 0.6 is 0 Å². The highest BCUT2D eigenvalue weighted by molar-refractivity contribution is 6.05. The van der Waals surface area contributed by atoms with Crippen molar-refractivity contribution < 1.29 is 28.3 Å². The number of ether oxygens (including phenoxy) is 2. The van der Waals surface area contributed by atoms with Gasteiger partial charge in [-0.15, -0.1) is 0 Å². The number of carbonyl (C=O) groups is 3. The molecule has 0 saturated carbocycles. The Morgan fingerprint density at radius 1 is 0.903 bits per heavy atom. The van der Waals surface area contributed by atoms with Crippen LogP contribution in [0.1, 0.15) is 31.3 Å². The Morgan fingerprint density at radius 2 is 1.68 bits per heavy atom. The largest absolute Gasteiger partial charge is 0.457 e. The van der Waals surface area contributed by atoms with E-state index in [0.717, 1.165) is 6.07 Å². The molecule has 0 aliphatic carbocycles. The fourth-order valence-electron chi connectivity index (χ4n) is 2.93. The monoisotopic (exact) mass is 417 g/mol. The predicted molar refractivity (Wildman–Crippen MR) is 109 cm³/mol. The minimum absolute atomic E-state index is 0.0549. The van der Waals surface area contributed by atoms with E-state index in [1.807, 2.05) is 0 Å². The molecule has 2 aromatic carbocycles. The number of furan rings is 1. The predicted octanol–water partition coefficient (Wildman–Crippen LogP) is 3.38. The summed E-state index contributed by atoms with van der Waals surface area (Å²) in [6.45, 7) is -0.508. The topological polar surface area (TPSA) is 116 Å². The molecular weight excluding hydrogens is 402 g/mol. The van der Waals surface area contributed by atoms with Crippen LogP contribution in [-0.2, 0) is 4.74 Å². The minimum Gasteiger partial charge on any atom is -0.457 e. The van der Waals surface area contributed by atoms with Crippen molar-refractivity contribution in [3.05, 3.63) is 100 Å². The van der Waals surface area contributed by atoms with Gasteiger partial charge in [-0.1, -0.05) is 18.2 Å². The van der Waals surface area contributed by atoms with Crippen LogP contribution in [0.4, 0.5) is 0 Å². The van der Waals surface area contributed by atoms with Gasteiger partial charge in [0.1, 0.15) is 5.75 Å². The van der Waals surface area contributed by atoms with Crippen molar-refractivity contribution in [1.29, 1.82) is 0 Å². The Balaban J connectivity index is 1.40. The Kier molecular flexibility index (Phi) is 5.44. The zero-order valence-corrected chi connectivity index (χ0v) is 16.0. The average Bonchev–Trinajstić information content (AvgIpc) is 3.32. The molecule has 2 heterocycles. The molecule has 1 N–H and O–H groups in total. The molecule has 4 rings (SSSR count). The first kappa shape index (κ1) is 19.8. The number of para-hydroxylation sites is 1. The molecule has 8 nitrogen and oxygen atoms in total. The Hall–Kier alpha value is -4.46. The lowest BCUT2D eigenvalue weighted by atomic mass is 10.1. The summed E-state index contributed by atoms with van der Waals surface area (Å²) in [4.78, 5) is 51.1. The second kappa shape index (κ2) is 8.50. The lowest BCUT2D eigenvalue weighted by Gasteiger charge is -2.07. The Morgan fingerprint density at radius 3 is 2.42 bits per heavy atom. The summed E-state index contributed by atoms with van der Waals surface area (Å²) in [6.07, 6.45) is 1.36. The summed E-state index contributed by atoms with van der Waals surface area (Å²) in [5.41, 5.74) is 0.387. The minimum atomic E-state index is -0.778. The molecule has 0 radical (unpaired) electrons. The maximum absolute atomic E-state index is 12.4. The van der Waals surface area contributed by atoms with Crippen molar-refractivity contribution in [2.75, 3.05) is 6.61 Å². The van der Waals surface area contributed by atoms with Crippen LogP contribution in [0.2, 0.25) is 0 Å². The molecule has 4 aromatic rings. The van der Waals surface area contributed by atoms with Crippen LogP contribution in [0.3, 0.4) is 0 Å². The van der Waals surface area contributed by atoms with E-state index in [1.54, 1.807) is 30.3 Å². The summed E-state index contributed by atoms with van der Waals surface area (Å²) in [5.74, 6) is -1.61. The number of benzene rings is 2. The molecule has 0 saturated heterocycles. The number of aromatic nitrogens is 1. The third-order valence-electron chi connectivity index (χ3n) is 4.41. The normalized spacial score (nSPS) is 10.6. The second-order valence-corrected chi connectivity index (χ2v) is 6.48. The number of esters is 2. The van der Waals surface area contributed by atoms with Gasteiger partial charge in [0.05, 0.1) is 11.8 Å². The fourth-order valence-corrected chi connectivity index (χ4v) is 2.93. The van der Waals surface area contributed by atoms with E-state index in [0.29, 0.717) is 10.9 Å². The van der Waals surface area contributed by atoms with Gasteiger partial charge in [0.25, 0.3) is 0 Å². The van der Waals surface area contributed by atoms with Crippen LogP contribution in [0.25, 0.3) is 10.9 Å². The van der Waals surface area contributed by atoms with Gasteiger partial charge in [-0.2, -0.15) is 0 Å². The van der Waals surface area contributed by atoms with Crippen LogP contribution in [0, 0.1) is 0 Å². The molecule has 0 spiro atoms. The van der Waals surface area contributed by atoms with Gasteiger partial charge >= 0.3 is 11.9 Å². The van der Waals surface area contributed by atoms with E-state index in [2.05, 4.69) is 4.98 Å². The SMILES string of the molecule is O=C(COC(=O)c1cc(=O)[nH]c2ccccc12)c1ccc(OC(=O)c2ccco2)cc1. The zero-order valence-electron chi connectivity index (χ0n) is 16.0. The molecule has 0 unspecified atom stereocenters. The van der Waals surface area contributed by atoms with Crippen molar-refractivity contribution in [1.82, 2.24) is 4.98 Å². The smallest absolute Gasteiger partial charge is 0.379 e. The number of H-pyrrole nitrogens is 1. The highest BCUT2D eigenvalue weighted by Crippen LogP contribution is 2.17. The maximum atomic E-state index is 12.4. The van der Waals surface area contributed by atoms with Crippen LogP contribution in [0.5, 0.6) is 5.75 Å². The van der Waals surface area contributed by atoms with E-state index in [-0.39, 0.29) is 22.6 Å². The van der Waals surface area contributed by atoms with Gasteiger partial charge in [0.2, 0.25) is 11.3 Å². The number of hydrogen-bond donors (Lipinski definition) is 1. The average molecular weight is 417 g/mol. The van der Waals surface area contributed by atoms with Crippen molar-refractivity contribution in [3.63, 3.8) is 0 Å². The van der Waals surface area contributed by atoms with Crippen molar-refractivity contribution in [2.24, 2.45) is 0 Å². The molecule has 154 valence electrons. The zero-order chi connectivity index (χ0) is 21.8. The molecule has 0 atom stereocenters. The Bertz CT molecular complexity index is 1320. The molecule has 0 aliphatic rings. The maximum Gasteiger partial charge on any atom is 0.379 e. The third-order valence-corrected chi connectivity index (χ3v) is 4.41. The van der Waals surface area contributed by atoms with Gasteiger partial charge in [-0.3, -0.25) is 9.59 Å². The summed E-state index contributed by atoms with van der Waals surface area (Å²) in [6, 6.07) is 16.7. The molecular formula is C23H15NO7. The first-order valence-electron chi connectivity index (χ1n) is 9.19. The van der Waals surface area contributed by atoms with Gasteiger partial charge in [-0.05, 0) is 42.5 Å². The quantitative estimate of drug-likeness (QED) is 0.290. The van der Waals surface area contributed by atoms with Gasteiger partial charge in [0, 0.05) is 22.5 Å². The van der Waals surface area contributed by atoms with Crippen molar-refractivity contribution in [2.45, 2.75) is 0 Å². The standard InChI is InChI=1S/C23H15NO7/c25-19(14-7-9-15(10-8-14)31-23(28)20-6-3-11-29-20)13-30-22(27)17-12-21(26)24-18-5-2-1-4-16(17)18/h1-12H,13H2,(H,24,26). The summed E-state index contributed by atoms with van der Waals surface area (Å²) in [5, 5.41) is 0.516. The number of ketones is 1. The number of carbonyl (C=O) groups excluding carboxylic acids is 3. The molecule has 0 amide bonds. The molecule has 0 aliphatic heterocycles. The number of aromatic amines is 1. The Labute approximate surface area is 175 Å². The van der Waals surface area contributed by atoms with Crippen LogP contribution in [-0.4, -0.2) is 29.3 Å². The first-order chi connectivity index (χ1) is 15.0. The van der Waals surface area contributed by atoms with E-state index < -0.39 is 29.9 Å². The first-order valence-corrected chi connectivity index (χ1v) is 9.19. The van der Waals surface area contributed by atoms with E-state index in [4.69, 9.17) is 13.9 Å². The number of pyridine rings is 1. The third kappa shape index (κ3) is 4.43. The molecule has 8 heteroatoms. The van der Waals surface area contributed by atoms with Gasteiger partial charge in [-0.25, -0.2) is 9.59 Å². The van der Waals surface area contributed by atoms with Crippen LogP contribution < -0.4 is 10.3 Å². The number of fused-ring (bicyclic) bond motifs is 1. The van der Waals surface area contributed by atoms with Gasteiger partial charge < -0.3 is 18.9 Å². The lowest BCUT2D eigenvalue weighted by molar-refractivity contribution is 0.0476. The highest BCUT2D eigenvalue weighted by atomic mass is 16.5. The number of rotatable bonds is 6. The van der Waals surface area contributed by atoms with Crippen LogP contribution in [0.15, 0.2) is 82.2 Å². The summed E-state index contributed by atoms with van der Waals surface area (Å²) in [7, 11) is 0. The van der Waals surface area contributed by atoms with Crippen molar-refractivity contribution in [3.8, 4) is 5.75 Å².